The lowest BCUT2D eigenvalue weighted by atomic mass is 10.2. The average Bonchev–Trinajstić information content (AvgIpc) is 2.84. The molecule has 0 amide bonds. The number of rotatable bonds is 2. The first-order chi connectivity index (χ1) is 9.61. The predicted octanol–water partition coefficient (Wildman–Crippen LogP) is 4.07. The van der Waals surface area contributed by atoms with Gasteiger partial charge in [-0.2, -0.15) is 5.10 Å². The molecule has 0 spiro atoms. The summed E-state index contributed by atoms with van der Waals surface area (Å²) in [6.07, 6.45) is 1.42. The molecule has 1 heterocycles. The SMILES string of the molecule is COc1c(F)cc2cnn(-c3ccc(Br)cc3)c2c1F. The molecule has 0 fully saturated rings. The van der Waals surface area contributed by atoms with Gasteiger partial charge in [-0.25, -0.2) is 13.5 Å². The van der Waals surface area contributed by atoms with Gasteiger partial charge in [0, 0.05) is 9.86 Å². The molecule has 3 aromatic rings. The van der Waals surface area contributed by atoms with E-state index in [1.54, 1.807) is 12.1 Å². The normalized spacial score (nSPS) is 11.0. The van der Waals surface area contributed by atoms with E-state index in [0.717, 1.165) is 4.47 Å². The third kappa shape index (κ3) is 1.96. The quantitative estimate of drug-likeness (QED) is 0.704. The topological polar surface area (TPSA) is 27.1 Å². The summed E-state index contributed by atoms with van der Waals surface area (Å²) in [5.74, 6) is -1.91. The molecular weight excluding hydrogens is 330 g/mol. The van der Waals surface area contributed by atoms with Crippen molar-refractivity contribution < 1.29 is 13.5 Å². The van der Waals surface area contributed by atoms with Gasteiger partial charge in [-0.05, 0) is 30.3 Å². The lowest BCUT2D eigenvalue weighted by molar-refractivity contribution is 0.362. The van der Waals surface area contributed by atoms with Gasteiger partial charge < -0.3 is 4.74 Å². The first-order valence-corrected chi connectivity index (χ1v) is 6.57. The number of halogens is 3. The number of ether oxygens (including phenoxy) is 1. The molecule has 102 valence electrons. The average molecular weight is 339 g/mol. The van der Waals surface area contributed by atoms with Gasteiger partial charge in [-0.3, -0.25) is 0 Å². The fourth-order valence-corrected chi connectivity index (χ4v) is 2.33. The van der Waals surface area contributed by atoms with Crippen LogP contribution < -0.4 is 4.74 Å². The lowest BCUT2D eigenvalue weighted by Gasteiger charge is -2.08. The van der Waals surface area contributed by atoms with Gasteiger partial charge in [-0.15, -0.1) is 0 Å². The molecule has 0 aliphatic carbocycles. The number of nitrogens with zero attached hydrogens (tertiary/aromatic N) is 2. The molecule has 0 aliphatic heterocycles. The molecule has 20 heavy (non-hydrogen) atoms. The first-order valence-electron chi connectivity index (χ1n) is 5.77. The zero-order chi connectivity index (χ0) is 14.3. The number of hydrogen-bond donors (Lipinski definition) is 0. The minimum atomic E-state index is -0.761. The van der Waals surface area contributed by atoms with E-state index in [4.69, 9.17) is 4.74 Å². The van der Waals surface area contributed by atoms with Crippen molar-refractivity contribution in [3.63, 3.8) is 0 Å². The smallest absolute Gasteiger partial charge is 0.194 e. The van der Waals surface area contributed by atoms with Crippen molar-refractivity contribution >= 4 is 26.8 Å². The molecule has 0 saturated carbocycles. The highest BCUT2D eigenvalue weighted by Crippen LogP contribution is 2.31. The summed E-state index contributed by atoms with van der Waals surface area (Å²) in [6, 6.07) is 8.42. The zero-order valence-electron chi connectivity index (χ0n) is 10.4. The van der Waals surface area contributed by atoms with Crippen LogP contribution in [0.3, 0.4) is 0 Å². The molecule has 3 rings (SSSR count). The second-order valence-electron chi connectivity index (χ2n) is 4.18. The summed E-state index contributed by atoms with van der Waals surface area (Å²) in [7, 11) is 1.23. The highest BCUT2D eigenvalue weighted by atomic mass is 79.9. The Kier molecular flexibility index (Phi) is 3.17. The molecule has 6 heteroatoms. The molecule has 0 unspecified atom stereocenters. The summed E-state index contributed by atoms with van der Waals surface area (Å²) in [5, 5.41) is 4.49. The van der Waals surface area contributed by atoms with Crippen LogP contribution in [0.4, 0.5) is 8.78 Å². The minimum Gasteiger partial charge on any atom is -0.491 e. The van der Waals surface area contributed by atoms with Crippen LogP contribution in [0.15, 0.2) is 41.0 Å². The maximum Gasteiger partial charge on any atom is 0.194 e. The van der Waals surface area contributed by atoms with Crippen LogP contribution in [0.2, 0.25) is 0 Å². The van der Waals surface area contributed by atoms with Crippen LogP contribution in [0.25, 0.3) is 16.6 Å². The van der Waals surface area contributed by atoms with Crippen LogP contribution in [0.5, 0.6) is 5.75 Å². The van der Waals surface area contributed by atoms with Crippen molar-refractivity contribution in [1.82, 2.24) is 9.78 Å². The molecule has 1 aromatic heterocycles. The predicted molar refractivity (Wildman–Crippen MR) is 75.2 cm³/mol. The van der Waals surface area contributed by atoms with Crippen molar-refractivity contribution in [3.8, 4) is 11.4 Å². The molecule has 0 bridgehead atoms. The second-order valence-corrected chi connectivity index (χ2v) is 5.09. The minimum absolute atomic E-state index is 0.186. The third-order valence-electron chi connectivity index (χ3n) is 2.98. The van der Waals surface area contributed by atoms with Gasteiger partial charge >= 0.3 is 0 Å². The first kappa shape index (κ1) is 13.1. The number of benzene rings is 2. The molecular formula is C14H9BrF2N2O. The van der Waals surface area contributed by atoms with E-state index in [1.165, 1.54) is 24.1 Å². The summed E-state index contributed by atoms with van der Waals surface area (Å²) < 4.78 is 35.1. The Hall–Kier alpha value is -1.95. The monoisotopic (exact) mass is 338 g/mol. The lowest BCUT2D eigenvalue weighted by Crippen LogP contribution is -2.00. The molecule has 3 nitrogen and oxygen atoms in total. The van der Waals surface area contributed by atoms with Crippen LogP contribution >= 0.6 is 15.9 Å². The van der Waals surface area contributed by atoms with Crippen molar-refractivity contribution in [3.05, 3.63) is 52.6 Å². The summed E-state index contributed by atoms with van der Waals surface area (Å²) >= 11 is 3.33. The molecule has 0 radical (unpaired) electrons. The van der Waals surface area contributed by atoms with Gasteiger partial charge in [0.1, 0.15) is 5.52 Å². The molecule has 2 aromatic carbocycles. The standard InChI is InChI=1S/C14H9BrF2N2O/c1-20-14-11(16)6-8-7-18-19(13(8)12(14)17)10-4-2-9(15)3-5-10/h2-7H,1H3. The van der Waals surface area contributed by atoms with E-state index in [-0.39, 0.29) is 5.52 Å². The van der Waals surface area contributed by atoms with Crippen LogP contribution in [-0.4, -0.2) is 16.9 Å². The van der Waals surface area contributed by atoms with Gasteiger partial charge in [0.2, 0.25) is 0 Å². The molecule has 0 saturated heterocycles. The van der Waals surface area contributed by atoms with E-state index < -0.39 is 17.4 Å². The zero-order valence-corrected chi connectivity index (χ0v) is 12.0. The Morgan fingerprint density at radius 1 is 1.20 bits per heavy atom. The Labute approximate surface area is 121 Å². The summed E-state index contributed by atoms with van der Waals surface area (Å²) in [6.45, 7) is 0. The summed E-state index contributed by atoms with van der Waals surface area (Å²) in [5.41, 5.74) is 0.862. The highest BCUT2D eigenvalue weighted by molar-refractivity contribution is 9.10. The largest absolute Gasteiger partial charge is 0.491 e. The third-order valence-corrected chi connectivity index (χ3v) is 3.51. The number of hydrogen-bond acceptors (Lipinski definition) is 2. The van der Waals surface area contributed by atoms with Gasteiger partial charge in [0.15, 0.2) is 17.4 Å². The van der Waals surface area contributed by atoms with Crippen LogP contribution in [0, 0.1) is 11.6 Å². The Morgan fingerprint density at radius 3 is 2.55 bits per heavy atom. The van der Waals surface area contributed by atoms with Crippen LogP contribution in [-0.2, 0) is 0 Å². The van der Waals surface area contributed by atoms with E-state index in [9.17, 15) is 8.78 Å². The Balaban J connectivity index is 2.30. The Bertz CT molecular complexity index is 784. The number of aromatic nitrogens is 2. The maximum absolute atomic E-state index is 14.4. The van der Waals surface area contributed by atoms with Crippen molar-refractivity contribution in [2.24, 2.45) is 0 Å². The van der Waals surface area contributed by atoms with Gasteiger partial charge in [-0.1, -0.05) is 15.9 Å². The molecule has 0 N–H and O–H groups in total. The molecule has 0 aliphatic rings. The number of methoxy groups -OCH3 is 1. The molecule has 0 atom stereocenters. The van der Waals surface area contributed by atoms with Crippen molar-refractivity contribution in [2.75, 3.05) is 7.11 Å². The van der Waals surface area contributed by atoms with Gasteiger partial charge in [0.05, 0.1) is 19.0 Å². The Morgan fingerprint density at radius 2 is 1.90 bits per heavy atom. The van der Waals surface area contributed by atoms with Crippen molar-refractivity contribution in [2.45, 2.75) is 0 Å². The summed E-state index contributed by atoms with van der Waals surface area (Å²) in [4.78, 5) is 0. The maximum atomic E-state index is 14.4. The van der Waals surface area contributed by atoms with Crippen LogP contribution in [0.1, 0.15) is 0 Å². The van der Waals surface area contributed by atoms with Crippen molar-refractivity contribution in [1.29, 1.82) is 0 Å². The fraction of sp³-hybridized carbons (Fsp3) is 0.0714. The van der Waals surface area contributed by atoms with E-state index in [1.807, 2.05) is 12.1 Å². The van der Waals surface area contributed by atoms with E-state index >= 15 is 0 Å². The van der Waals surface area contributed by atoms with E-state index in [0.29, 0.717) is 11.1 Å². The highest BCUT2D eigenvalue weighted by Gasteiger charge is 2.18. The van der Waals surface area contributed by atoms with Gasteiger partial charge in [0.25, 0.3) is 0 Å². The second kappa shape index (κ2) is 4.86. The fourth-order valence-electron chi connectivity index (χ4n) is 2.07. The van der Waals surface area contributed by atoms with E-state index in [2.05, 4.69) is 21.0 Å². The number of fused-ring (bicyclic) bond motifs is 1.